The second-order valence-electron chi connectivity index (χ2n) is 6.83. The fraction of sp³-hybridized carbons (Fsp3) is 0.421. The zero-order valence-corrected chi connectivity index (χ0v) is 19.6. The smallest absolute Gasteiger partial charge is 0.241 e. The molecule has 0 bridgehead atoms. The van der Waals surface area contributed by atoms with Gasteiger partial charge in [0.15, 0.2) is 0 Å². The lowest BCUT2D eigenvalue weighted by atomic mass is 10.0. The molecule has 5 nitrogen and oxygen atoms in total. The lowest BCUT2D eigenvalue weighted by molar-refractivity contribution is -0.131. The van der Waals surface area contributed by atoms with Gasteiger partial charge in [0, 0.05) is 11.9 Å². The van der Waals surface area contributed by atoms with Crippen LogP contribution in [0.2, 0.25) is 0 Å². The highest BCUT2D eigenvalue weighted by Crippen LogP contribution is 2.26. The summed E-state index contributed by atoms with van der Waals surface area (Å²) in [6.07, 6.45) is 0. The molecule has 1 heterocycles. The molecule has 1 aromatic heterocycles. The highest BCUT2D eigenvalue weighted by Gasteiger charge is 2.28. The van der Waals surface area contributed by atoms with Gasteiger partial charge in [-0.25, -0.2) is 8.42 Å². The fourth-order valence-electron chi connectivity index (χ4n) is 3.00. The van der Waals surface area contributed by atoms with Gasteiger partial charge in [0.2, 0.25) is 15.9 Å². The number of thiophene rings is 1. The van der Waals surface area contributed by atoms with E-state index in [4.69, 9.17) is 0 Å². The van der Waals surface area contributed by atoms with Crippen LogP contribution in [0.4, 0.5) is 0 Å². The van der Waals surface area contributed by atoms with Gasteiger partial charge in [0.25, 0.3) is 0 Å². The van der Waals surface area contributed by atoms with Crippen LogP contribution >= 0.6 is 27.3 Å². The average Bonchev–Trinajstić information content (AvgIpc) is 2.96. The molecule has 0 saturated carbocycles. The van der Waals surface area contributed by atoms with Crippen LogP contribution in [0.3, 0.4) is 0 Å². The van der Waals surface area contributed by atoms with Crippen molar-refractivity contribution in [1.82, 2.24) is 9.62 Å². The number of amides is 1. The number of rotatable bonds is 6. The number of nitrogens with one attached hydrogen (secondary N) is 1. The van der Waals surface area contributed by atoms with Crippen molar-refractivity contribution in [3.05, 3.63) is 49.1 Å². The Morgan fingerprint density at radius 3 is 2.22 bits per heavy atom. The first-order valence-corrected chi connectivity index (χ1v) is 11.6. The summed E-state index contributed by atoms with van der Waals surface area (Å²) in [6.45, 7) is 9.38. The first kappa shape index (κ1) is 22.1. The molecule has 0 aliphatic heterocycles. The first-order valence-electron chi connectivity index (χ1n) is 8.53. The second kappa shape index (κ2) is 8.43. The zero-order valence-electron chi connectivity index (χ0n) is 16.4. The van der Waals surface area contributed by atoms with Crippen molar-refractivity contribution in [2.45, 2.75) is 52.1 Å². The van der Waals surface area contributed by atoms with Crippen LogP contribution in [-0.2, 0) is 21.4 Å². The van der Waals surface area contributed by atoms with E-state index in [2.05, 4.69) is 20.7 Å². The van der Waals surface area contributed by atoms with Gasteiger partial charge in [0.1, 0.15) is 0 Å². The second-order valence-corrected chi connectivity index (χ2v) is 11.0. The Balaban J connectivity index is 2.21. The van der Waals surface area contributed by atoms with E-state index in [0.717, 1.165) is 19.8 Å². The molecule has 0 fully saturated rings. The van der Waals surface area contributed by atoms with E-state index < -0.39 is 16.1 Å². The molecule has 148 valence electrons. The predicted octanol–water partition coefficient (Wildman–Crippen LogP) is 4.07. The van der Waals surface area contributed by atoms with Gasteiger partial charge in [-0.15, -0.1) is 11.3 Å². The zero-order chi connectivity index (χ0) is 20.5. The van der Waals surface area contributed by atoms with Gasteiger partial charge in [-0.2, -0.15) is 4.72 Å². The van der Waals surface area contributed by atoms with Crippen LogP contribution in [0.1, 0.15) is 34.1 Å². The van der Waals surface area contributed by atoms with Crippen molar-refractivity contribution >= 4 is 43.2 Å². The average molecular weight is 473 g/mol. The Morgan fingerprint density at radius 1 is 1.19 bits per heavy atom. The molecule has 0 saturated heterocycles. The molecule has 2 rings (SSSR count). The van der Waals surface area contributed by atoms with Crippen LogP contribution < -0.4 is 4.72 Å². The lowest BCUT2D eigenvalue weighted by Crippen LogP contribution is -2.45. The summed E-state index contributed by atoms with van der Waals surface area (Å²) in [7, 11) is -2.14. The van der Waals surface area contributed by atoms with Crippen LogP contribution in [0, 0.1) is 27.7 Å². The first-order chi connectivity index (χ1) is 12.4. The summed E-state index contributed by atoms with van der Waals surface area (Å²) in [5.41, 5.74) is 3.25. The summed E-state index contributed by atoms with van der Waals surface area (Å²) in [5, 5.41) is 0. The number of halogens is 1. The Kier molecular flexibility index (Phi) is 6.89. The minimum atomic E-state index is -3.82. The molecular weight excluding hydrogens is 448 g/mol. The van der Waals surface area contributed by atoms with Crippen LogP contribution in [0.5, 0.6) is 0 Å². The quantitative estimate of drug-likeness (QED) is 0.688. The molecule has 2 aromatic rings. The standard InChI is InChI=1S/C19H25BrN2O3S2/c1-11-9-12(2)14(4)18(13(11)3)27(24,25)21-15(5)19(23)22(6)10-16-7-8-17(20)26-16/h7-9,15,21H,10H2,1-6H3. The van der Waals surface area contributed by atoms with Crippen molar-refractivity contribution in [3.8, 4) is 0 Å². The SMILES string of the molecule is Cc1cc(C)c(C)c(S(=O)(=O)NC(C)C(=O)N(C)Cc2ccc(Br)s2)c1C. The molecule has 8 heteroatoms. The summed E-state index contributed by atoms with van der Waals surface area (Å²) in [4.78, 5) is 15.5. The fourth-order valence-corrected chi connectivity index (χ4v) is 6.35. The summed E-state index contributed by atoms with van der Waals surface area (Å²) < 4.78 is 29.5. The Bertz CT molecular complexity index is 941. The number of likely N-dealkylation sites (N-methyl/N-ethyl adjacent to an activating group) is 1. The van der Waals surface area contributed by atoms with Crippen LogP contribution in [-0.4, -0.2) is 32.3 Å². The minimum Gasteiger partial charge on any atom is -0.339 e. The number of hydrogen-bond donors (Lipinski definition) is 1. The van der Waals surface area contributed by atoms with E-state index >= 15 is 0 Å². The maximum Gasteiger partial charge on any atom is 0.241 e. The Morgan fingerprint density at radius 2 is 1.74 bits per heavy atom. The maximum atomic E-state index is 13.0. The summed E-state index contributed by atoms with van der Waals surface area (Å²) >= 11 is 4.95. The lowest BCUT2D eigenvalue weighted by Gasteiger charge is -2.23. The number of benzene rings is 1. The number of hydrogen-bond acceptors (Lipinski definition) is 4. The molecule has 1 aromatic carbocycles. The van der Waals surface area contributed by atoms with E-state index in [1.807, 2.05) is 32.0 Å². The van der Waals surface area contributed by atoms with E-state index in [-0.39, 0.29) is 10.8 Å². The van der Waals surface area contributed by atoms with E-state index in [9.17, 15) is 13.2 Å². The largest absolute Gasteiger partial charge is 0.339 e. The summed E-state index contributed by atoms with van der Waals surface area (Å²) in [5.74, 6) is -0.275. The summed E-state index contributed by atoms with van der Waals surface area (Å²) in [6, 6.07) is 4.99. The number of aryl methyl sites for hydroxylation is 2. The number of carbonyl (C=O) groups excluding carboxylic acids is 1. The van der Waals surface area contributed by atoms with Crippen LogP contribution in [0.15, 0.2) is 26.9 Å². The Labute approximate surface area is 174 Å². The monoisotopic (exact) mass is 472 g/mol. The topological polar surface area (TPSA) is 66.5 Å². The molecule has 1 N–H and O–H groups in total. The van der Waals surface area contributed by atoms with Crippen molar-refractivity contribution < 1.29 is 13.2 Å². The molecule has 0 aliphatic carbocycles. The third-order valence-electron chi connectivity index (χ3n) is 4.67. The molecule has 27 heavy (non-hydrogen) atoms. The molecular formula is C19H25BrN2O3S2. The number of sulfonamides is 1. The normalized spacial score (nSPS) is 12.9. The third kappa shape index (κ3) is 4.99. The van der Waals surface area contributed by atoms with Gasteiger partial charge < -0.3 is 4.90 Å². The molecule has 0 spiro atoms. The Hall–Kier alpha value is -1.22. The van der Waals surface area contributed by atoms with Crippen molar-refractivity contribution in [1.29, 1.82) is 0 Å². The minimum absolute atomic E-state index is 0.268. The van der Waals surface area contributed by atoms with Crippen molar-refractivity contribution in [2.75, 3.05) is 7.05 Å². The highest BCUT2D eigenvalue weighted by molar-refractivity contribution is 9.11. The molecule has 1 amide bonds. The highest BCUT2D eigenvalue weighted by atomic mass is 79.9. The molecule has 0 aliphatic rings. The van der Waals surface area contributed by atoms with E-state index in [1.165, 1.54) is 4.90 Å². The van der Waals surface area contributed by atoms with Crippen molar-refractivity contribution in [2.24, 2.45) is 0 Å². The molecule has 1 unspecified atom stereocenters. The number of nitrogens with zero attached hydrogens (tertiary/aromatic N) is 1. The van der Waals surface area contributed by atoms with Gasteiger partial charge in [-0.05, 0) is 84.9 Å². The van der Waals surface area contributed by atoms with Gasteiger partial charge >= 0.3 is 0 Å². The predicted molar refractivity (Wildman–Crippen MR) is 114 cm³/mol. The van der Waals surface area contributed by atoms with Gasteiger partial charge in [-0.3, -0.25) is 4.79 Å². The molecule has 0 radical (unpaired) electrons. The number of carbonyl (C=O) groups is 1. The maximum absolute atomic E-state index is 13.0. The van der Waals surface area contributed by atoms with Crippen LogP contribution in [0.25, 0.3) is 0 Å². The van der Waals surface area contributed by atoms with E-state index in [0.29, 0.717) is 17.7 Å². The van der Waals surface area contributed by atoms with Crippen molar-refractivity contribution in [3.63, 3.8) is 0 Å². The third-order valence-corrected chi connectivity index (χ3v) is 8.09. The van der Waals surface area contributed by atoms with Gasteiger partial charge in [-0.1, -0.05) is 6.07 Å². The van der Waals surface area contributed by atoms with Gasteiger partial charge in [0.05, 0.1) is 21.3 Å². The van der Waals surface area contributed by atoms with E-state index in [1.54, 1.807) is 39.2 Å². The molecule has 1 atom stereocenters.